The van der Waals surface area contributed by atoms with Crippen molar-refractivity contribution in [2.45, 2.75) is 71.0 Å². The number of phenolic OH excluding ortho intramolecular Hbond substituents is 1. The van der Waals surface area contributed by atoms with Gasteiger partial charge in [0.05, 0.1) is 12.7 Å². The van der Waals surface area contributed by atoms with Crippen molar-refractivity contribution in [2.75, 3.05) is 6.61 Å². The number of rotatable bonds is 7. The number of esters is 1. The minimum atomic E-state index is -0.661. The number of fused-ring (bicyclic) bond motifs is 1. The Bertz CT molecular complexity index is 804. The molecule has 2 rings (SSSR count). The van der Waals surface area contributed by atoms with Crippen molar-refractivity contribution in [3.05, 3.63) is 53.8 Å². The molecule has 3 atom stereocenters. The summed E-state index contributed by atoms with van der Waals surface area (Å²) in [5, 5.41) is 23.3. The summed E-state index contributed by atoms with van der Waals surface area (Å²) in [6.45, 7) is 4.40. The summed E-state index contributed by atoms with van der Waals surface area (Å²) in [5.41, 5.74) is 0.824. The van der Waals surface area contributed by atoms with E-state index in [-0.39, 0.29) is 23.7 Å². The Morgan fingerprint density at radius 3 is 2.91 bits per heavy atom. The summed E-state index contributed by atoms with van der Waals surface area (Å²) in [6, 6.07) is 4.94. The minimum Gasteiger partial charge on any atom is -0.507 e. The molecule has 0 spiro atoms. The zero-order valence-electron chi connectivity index (χ0n) is 19.0. The lowest BCUT2D eigenvalue weighted by Gasteiger charge is -2.24. The predicted molar refractivity (Wildman–Crippen MR) is 122 cm³/mol. The number of ether oxygens (including phenoxy) is 2. The summed E-state index contributed by atoms with van der Waals surface area (Å²) < 4.78 is 10.7. The van der Waals surface area contributed by atoms with Gasteiger partial charge < -0.3 is 19.7 Å². The van der Waals surface area contributed by atoms with Crippen LogP contribution >= 0.6 is 0 Å². The number of aliphatic hydroxyl groups is 1. The average Bonchev–Trinajstić information content (AvgIpc) is 2.76. The maximum Gasteiger partial charge on any atom is 0.411 e. The van der Waals surface area contributed by atoms with E-state index in [1.165, 1.54) is 12.3 Å². The van der Waals surface area contributed by atoms with Crippen molar-refractivity contribution in [3.8, 4) is 5.75 Å². The monoisotopic (exact) mass is 445 g/mol. The number of benzene rings is 1. The van der Waals surface area contributed by atoms with Crippen molar-refractivity contribution in [2.24, 2.45) is 5.92 Å². The molecular formula is C25H35NO6. The molecule has 0 fully saturated rings. The fourth-order valence-corrected chi connectivity index (χ4v) is 3.48. The van der Waals surface area contributed by atoms with Crippen LogP contribution in [0.15, 0.2) is 42.6 Å². The Hall–Kier alpha value is -2.80. The second kappa shape index (κ2) is 13.6. The molecule has 7 heteroatoms. The molecule has 1 aliphatic heterocycles. The van der Waals surface area contributed by atoms with Gasteiger partial charge in [0.1, 0.15) is 17.4 Å². The van der Waals surface area contributed by atoms with Crippen LogP contribution in [0.3, 0.4) is 0 Å². The van der Waals surface area contributed by atoms with Crippen molar-refractivity contribution in [1.29, 1.82) is 0 Å². The maximum absolute atomic E-state index is 12.9. The molecule has 176 valence electrons. The summed E-state index contributed by atoms with van der Waals surface area (Å²) in [5.74, 6) is -0.766. The van der Waals surface area contributed by atoms with Crippen LogP contribution in [0.4, 0.5) is 4.79 Å². The molecule has 3 N–H and O–H groups in total. The second-order valence-electron chi connectivity index (χ2n) is 8.16. The number of hydrogen-bond acceptors (Lipinski definition) is 6. The Labute approximate surface area is 190 Å². The highest BCUT2D eigenvalue weighted by atomic mass is 16.5. The van der Waals surface area contributed by atoms with Gasteiger partial charge in [-0.25, -0.2) is 9.59 Å². The first-order valence-electron chi connectivity index (χ1n) is 11.4. The number of phenols is 1. The molecule has 7 nitrogen and oxygen atoms in total. The van der Waals surface area contributed by atoms with Crippen molar-refractivity contribution in [1.82, 2.24) is 5.32 Å². The number of cyclic esters (lactones) is 1. The first-order valence-corrected chi connectivity index (χ1v) is 11.4. The fourth-order valence-electron chi connectivity index (χ4n) is 3.48. The normalized spacial score (nSPS) is 21.8. The fraction of sp³-hybridized carbons (Fsp3) is 0.520. The lowest BCUT2D eigenvalue weighted by atomic mass is 9.94. The number of hydrogen-bond donors (Lipinski definition) is 3. The number of aromatic hydroxyl groups is 1. The number of nitrogens with one attached hydrogen (secondary N) is 1. The Morgan fingerprint density at radius 2 is 2.12 bits per heavy atom. The van der Waals surface area contributed by atoms with E-state index in [2.05, 4.69) is 12.2 Å². The third kappa shape index (κ3) is 8.38. The molecule has 1 amide bonds. The molecule has 0 unspecified atom stereocenters. The SMILES string of the molecule is CCCCCOC(=O)NC=CC[C@H]1C[C@@H](O)[C@@H](C)CC=CCc2cccc(O)c2C(=O)O1. The Balaban J connectivity index is 2.05. The quantitative estimate of drug-likeness (QED) is 0.321. The first-order chi connectivity index (χ1) is 15.4. The second-order valence-corrected chi connectivity index (χ2v) is 8.16. The molecule has 32 heavy (non-hydrogen) atoms. The van der Waals surface area contributed by atoms with Crippen LogP contribution in [-0.2, 0) is 15.9 Å². The van der Waals surface area contributed by atoms with Gasteiger partial charge >= 0.3 is 12.1 Å². The highest BCUT2D eigenvalue weighted by Gasteiger charge is 2.25. The molecule has 0 bridgehead atoms. The molecule has 0 radical (unpaired) electrons. The van der Waals surface area contributed by atoms with Crippen molar-refractivity contribution < 1.29 is 29.3 Å². The molecule has 0 saturated carbocycles. The Morgan fingerprint density at radius 1 is 1.31 bits per heavy atom. The number of amides is 1. The van der Waals surface area contributed by atoms with Crippen LogP contribution in [0, 0.1) is 5.92 Å². The Kier molecular flexibility index (Phi) is 10.8. The van der Waals surface area contributed by atoms with Crippen LogP contribution in [0.25, 0.3) is 0 Å². The van der Waals surface area contributed by atoms with Crippen LogP contribution < -0.4 is 5.32 Å². The lowest BCUT2D eigenvalue weighted by Crippen LogP contribution is -2.28. The largest absolute Gasteiger partial charge is 0.507 e. The number of alkyl carbamates (subject to hydrolysis) is 1. The average molecular weight is 446 g/mol. The summed E-state index contributed by atoms with van der Waals surface area (Å²) in [4.78, 5) is 24.5. The van der Waals surface area contributed by atoms with Gasteiger partial charge in [0.25, 0.3) is 0 Å². The summed E-state index contributed by atoms with van der Waals surface area (Å²) >= 11 is 0. The van der Waals surface area contributed by atoms with E-state index in [1.807, 2.05) is 19.1 Å². The van der Waals surface area contributed by atoms with Crippen molar-refractivity contribution >= 4 is 12.1 Å². The van der Waals surface area contributed by atoms with Gasteiger partial charge in [-0.3, -0.25) is 5.32 Å². The van der Waals surface area contributed by atoms with Gasteiger partial charge in [-0.15, -0.1) is 0 Å². The van der Waals surface area contributed by atoms with Crippen LogP contribution in [0.2, 0.25) is 0 Å². The first kappa shape index (κ1) is 25.5. The van der Waals surface area contributed by atoms with Gasteiger partial charge in [-0.2, -0.15) is 0 Å². The highest BCUT2D eigenvalue weighted by Crippen LogP contribution is 2.26. The van der Waals surface area contributed by atoms with Crippen LogP contribution in [0.5, 0.6) is 5.75 Å². The zero-order valence-corrected chi connectivity index (χ0v) is 19.0. The molecule has 1 aliphatic rings. The number of allylic oxidation sites excluding steroid dienone is 2. The molecule has 0 saturated heterocycles. The molecule has 0 aliphatic carbocycles. The van der Waals surface area contributed by atoms with E-state index in [1.54, 1.807) is 18.2 Å². The number of aliphatic hydroxyl groups excluding tert-OH is 1. The zero-order chi connectivity index (χ0) is 23.3. The van der Waals surface area contributed by atoms with Crippen LogP contribution in [-0.4, -0.2) is 41.1 Å². The summed E-state index contributed by atoms with van der Waals surface area (Å²) in [7, 11) is 0. The number of carbonyl (C=O) groups is 2. The van der Waals surface area contributed by atoms with Gasteiger partial charge in [0, 0.05) is 19.0 Å². The van der Waals surface area contributed by atoms with Crippen LogP contribution in [0.1, 0.15) is 68.3 Å². The molecular weight excluding hydrogens is 410 g/mol. The van der Waals surface area contributed by atoms with E-state index in [0.29, 0.717) is 31.4 Å². The predicted octanol–water partition coefficient (Wildman–Crippen LogP) is 4.63. The summed E-state index contributed by atoms with van der Waals surface area (Å²) in [6.07, 6.45) is 9.82. The minimum absolute atomic E-state index is 0.00396. The lowest BCUT2D eigenvalue weighted by molar-refractivity contribution is 0.00678. The topological polar surface area (TPSA) is 105 Å². The third-order valence-corrected chi connectivity index (χ3v) is 5.48. The van der Waals surface area contributed by atoms with Gasteiger partial charge in [-0.05, 0) is 36.8 Å². The maximum atomic E-state index is 12.9. The molecule has 1 aromatic carbocycles. The van der Waals surface area contributed by atoms with Gasteiger partial charge in [0.2, 0.25) is 0 Å². The number of unbranched alkanes of at least 4 members (excludes halogenated alkanes) is 2. The molecule has 1 heterocycles. The van der Waals surface area contributed by atoms with Gasteiger partial charge in [0.15, 0.2) is 0 Å². The highest BCUT2D eigenvalue weighted by molar-refractivity contribution is 5.94. The third-order valence-electron chi connectivity index (χ3n) is 5.48. The van der Waals surface area contributed by atoms with Gasteiger partial charge in [-0.1, -0.05) is 57.0 Å². The smallest absolute Gasteiger partial charge is 0.411 e. The molecule has 0 aromatic heterocycles. The van der Waals surface area contributed by atoms with Crippen molar-refractivity contribution in [3.63, 3.8) is 0 Å². The van der Waals surface area contributed by atoms with E-state index < -0.39 is 24.3 Å². The van der Waals surface area contributed by atoms with E-state index >= 15 is 0 Å². The van der Waals surface area contributed by atoms with E-state index in [0.717, 1.165) is 19.3 Å². The molecule has 1 aromatic rings. The van der Waals surface area contributed by atoms with E-state index in [4.69, 9.17) is 9.47 Å². The standard InChI is InChI=1S/C25H35NO6/c1-3-4-7-16-31-25(30)26-15-9-13-20-17-22(28)18(2)10-5-6-11-19-12-8-14-21(27)23(19)24(29)32-20/h5-6,8-9,12,14-15,18,20,22,27-28H,3-4,7,10-11,13,16-17H2,1-2H3,(H,26,30)/t18-,20-,22+/m0/s1. The number of carbonyl (C=O) groups excluding carboxylic acids is 2. The van der Waals surface area contributed by atoms with E-state index in [9.17, 15) is 19.8 Å².